The van der Waals surface area contributed by atoms with Gasteiger partial charge in [-0.1, -0.05) is 0 Å². The topological polar surface area (TPSA) is 68.3 Å². The molecule has 2 amide bonds. The minimum atomic E-state index is -0.251. The zero-order valence-corrected chi connectivity index (χ0v) is 15.8. The highest BCUT2D eigenvalue weighted by Gasteiger charge is 2.18. The Morgan fingerprint density at radius 3 is 2.54 bits per heavy atom. The standard InChI is InChI=1S/C19H26N2O5/c1-5-21(6-2)18(23)13-20(3)17(22)8-7-14-11-15(24-4)19-16(12-14)25-9-10-26-19/h7-8,11-12H,5-6,9-10,13H2,1-4H3. The van der Waals surface area contributed by atoms with E-state index in [4.69, 9.17) is 14.2 Å². The van der Waals surface area contributed by atoms with Crippen molar-refractivity contribution in [3.05, 3.63) is 23.8 Å². The second-order valence-corrected chi connectivity index (χ2v) is 5.84. The molecule has 0 bridgehead atoms. The molecule has 0 N–H and O–H groups in total. The van der Waals surface area contributed by atoms with Gasteiger partial charge >= 0.3 is 0 Å². The van der Waals surface area contributed by atoms with Crippen LogP contribution >= 0.6 is 0 Å². The Bertz CT molecular complexity index is 666. The molecule has 26 heavy (non-hydrogen) atoms. The summed E-state index contributed by atoms with van der Waals surface area (Å²) in [6, 6.07) is 3.57. The summed E-state index contributed by atoms with van der Waals surface area (Å²) >= 11 is 0. The molecule has 0 aliphatic carbocycles. The summed E-state index contributed by atoms with van der Waals surface area (Å²) in [6.45, 7) is 6.08. The molecule has 7 heteroatoms. The molecule has 2 rings (SSSR count). The molecule has 0 radical (unpaired) electrons. The lowest BCUT2D eigenvalue weighted by Gasteiger charge is -2.22. The predicted octanol–water partition coefficient (Wildman–Crippen LogP) is 1.81. The molecule has 0 aromatic heterocycles. The smallest absolute Gasteiger partial charge is 0.246 e. The largest absolute Gasteiger partial charge is 0.493 e. The fourth-order valence-electron chi connectivity index (χ4n) is 2.64. The lowest BCUT2D eigenvalue weighted by Crippen LogP contribution is -2.40. The summed E-state index contributed by atoms with van der Waals surface area (Å²) in [5.41, 5.74) is 0.753. The van der Waals surface area contributed by atoms with E-state index in [9.17, 15) is 9.59 Å². The van der Waals surface area contributed by atoms with Crippen LogP contribution < -0.4 is 14.2 Å². The third-order valence-electron chi connectivity index (χ3n) is 4.13. The Labute approximate surface area is 154 Å². The first-order valence-corrected chi connectivity index (χ1v) is 8.68. The van der Waals surface area contributed by atoms with Gasteiger partial charge in [-0.05, 0) is 37.6 Å². The van der Waals surface area contributed by atoms with Crippen molar-refractivity contribution in [1.82, 2.24) is 9.80 Å². The second kappa shape index (κ2) is 9.12. The van der Waals surface area contributed by atoms with E-state index in [1.54, 1.807) is 37.3 Å². The van der Waals surface area contributed by atoms with Crippen LogP contribution in [-0.2, 0) is 9.59 Å². The third kappa shape index (κ3) is 4.68. The van der Waals surface area contributed by atoms with E-state index < -0.39 is 0 Å². The van der Waals surface area contributed by atoms with Gasteiger partial charge in [-0.2, -0.15) is 0 Å². The third-order valence-corrected chi connectivity index (χ3v) is 4.13. The van der Waals surface area contributed by atoms with Crippen molar-refractivity contribution in [3.8, 4) is 17.2 Å². The lowest BCUT2D eigenvalue weighted by molar-refractivity contribution is -0.136. The lowest BCUT2D eigenvalue weighted by atomic mass is 10.1. The number of likely N-dealkylation sites (N-methyl/N-ethyl adjacent to an activating group) is 2. The molecule has 1 aliphatic rings. The zero-order chi connectivity index (χ0) is 19.1. The minimum Gasteiger partial charge on any atom is -0.493 e. The van der Waals surface area contributed by atoms with E-state index in [0.717, 1.165) is 5.56 Å². The molecule has 0 fully saturated rings. The van der Waals surface area contributed by atoms with Gasteiger partial charge in [-0.25, -0.2) is 0 Å². The Balaban J connectivity index is 2.06. The maximum Gasteiger partial charge on any atom is 0.246 e. The van der Waals surface area contributed by atoms with Gasteiger partial charge in [0.15, 0.2) is 11.5 Å². The van der Waals surface area contributed by atoms with E-state index in [2.05, 4.69) is 0 Å². The van der Waals surface area contributed by atoms with Crippen LogP contribution in [0.2, 0.25) is 0 Å². The number of carbonyl (C=O) groups is 2. The average molecular weight is 362 g/mol. The number of nitrogens with zero attached hydrogens (tertiary/aromatic N) is 2. The number of ether oxygens (including phenoxy) is 3. The van der Waals surface area contributed by atoms with Gasteiger partial charge < -0.3 is 24.0 Å². The van der Waals surface area contributed by atoms with Gasteiger partial charge in [0.2, 0.25) is 17.6 Å². The minimum absolute atomic E-state index is 0.0509. The Hall–Kier alpha value is -2.70. The van der Waals surface area contributed by atoms with Crippen molar-refractivity contribution in [2.24, 2.45) is 0 Å². The van der Waals surface area contributed by atoms with Crippen LogP contribution in [0.3, 0.4) is 0 Å². The van der Waals surface area contributed by atoms with E-state index >= 15 is 0 Å². The number of fused-ring (bicyclic) bond motifs is 1. The summed E-state index contributed by atoms with van der Waals surface area (Å²) in [5.74, 6) is 1.40. The van der Waals surface area contributed by atoms with Crippen LogP contribution in [0.15, 0.2) is 18.2 Å². The Morgan fingerprint density at radius 2 is 1.88 bits per heavy atom. The van der Waals surface area contributed by atoms with E-state index in [0.29, 0.717) is 43.6 Å². The second-order valence-electron chi connectivity index (χ2n) is 5.84. The number of benzene rings is 1. The van der Waals surface area contributed by atoms with Crippen LogP contribution in [0.4, 0.5) is 0 Å². The molecule has 0 atom stereocenters. The predicted molar refractivity (Wildman–Crippen MR) is 98.6 cm³/mol. The van der Waals surface area contributed by atoms with Crippen molar-refractivity contribution in [1.29, 1.82) is 0 Å². The van der Waals surface area contributed by atoms with Crippen molar-refractivity contribution < 1.29 is 23.8 Å². The molecule has 0 spiro atoms. The van der Waals surface area contributed by atoms with Crippen LogP contribution in [0.1, 0.15) is 19.4 Å². The van der Waals surface area contributed by atoms with Gasteiger partial charge in [0, 0.05) is 26.2 Å². The quantitative estimate of drug-likeness (QED) is 0.692. The summed E-state index contributed by atoms with van der Waals surface area (Å²) in [6.07, 6.45) is 3.10. The van der Waals surface area contributed by atoms with Crippen LogP contribution in [0.25, 0.3) is 6.08 Å². The van der Waals surface area contributed by atoms with E-state index in [-0.39, 0.29) is 18.4 Å². The van der Waals surface area contributed by atoms with Gasteiger partial charge in [0.1, 0.15) is 13.2 Å². The van der Waals surface area contributed by atoms with Crippen LogP contribution in [0.5, 0.6) is 17.2 Å². The summed E-state index contributed by atoms with van der Waals surface area (Å²) in [7, 11) is 3.16. The Kier molecular flexibility index (Phi) is 6.89. The number of hydrogen-bond donors (Lipinski definition) is 0. The molecule has 1 aromatic carbocycles. The maximum atomic E-state index is 12.3. The SMILES string of the molecule is CCN(CC)C(=O)CN(C)C(=O)C=Cc1cc(OC)c2c(c1)OCCO2. The molecule has 1 heterocycles. The van der Waals surface area contributed by atoms with Crippen LogP contribution in [-0.4, -0.2) is 68.6 Å². The molecular weight excluding hydrogens is 336 g/mol. The molecule has 0 saturated heterocycles. The van der Waals surface area contributed by atoms with Crippen molar-refractivity contribution >= 4 is 17.9 Å². The van der Waals surface area contributed by atoms with Gasteiger partial charge in [0.05, 0.1) is 13.7 Å². The van der Waals surface area contributed by atoms with Gasteiger partial charge in [-0.3, -0.25) is 9.59 Å². The summed E-state index contributed by atoms with van der Waals surface area (Å²) < 4.78 is 16.5. The van der Waals surface area contributed by atoms with E-state index in [1.165, 1.54) is 11.0 Å². The number of amides is 2. The Morgan fingerprint density at radius 1 is 1.19 bits per heavy atom. The number of hydrogen-bond acceptors (Lipinski definition) is 5. The molecule has 0 unspecified atom stereocenters. The van der Waals surface area contributed by atoms with Gasteiger partial charge in [-0.15, -0.1) is 0 Å². The summed E-state index contributed by atoms with van der Waals surface area (Å²) in [4.78, 5) is 27.5. The first kappa shape index (κ1) is 19.6. The number of methoxy groups -OCH3 is 1. The first-order valence-electron chi connectivity index (χ1n) is 8.68. The maximum absolute atomic E-state index is 12.3. The number of rotatable bonds is 7. The molecule has 0 saturated carbocycles. The summed E-state index contributed by atoms with van der Waals surface area (Å²) in [5, 5.41) is 0. The fraction of sp³-hybridized carbons (Fsp3) is 0.474. The average Bonchev–Trinajstić information content (AvgIpc) is 2.66. The molecular formula is C19H26N2O5. The highest BCUT2D eigenvalue weighted by atomic mass is 16.6. The van der Waals surface area contributed by atoms with Crippen molar-refractivity contribution in [3.63, 3.8) is 0 Å². The van der Waals surface area contributed by atoms with E-state index in [1.807, 2.05) is 13.8 Å². The molecule has 7 nitrogen and oxygen atoms in total. The molecule has 1 aliphatic heterocycles. The zero-order valence-electron chi connectivity index (χ0n) is 15.8. The van der Waals surface area contributed by atoms with Crippen molar-refractivity contribution in [2.45, 2.75) is 13.8 Å². The number of carbonyl (C=O) groups excluding carboxylic acids is 2. The first-order chi connectivity index (χ1) is 12.5. The fourth-order valence-corrected chi connectivity index (χ4v) is 2.64. The molecule has 142 valence electrons. The highest BCUT2D eigenvalue weighted by Crippen LogP contribution is 2.40. The normalized spacial score (nSPS) is 12.8. The highest BCUT2D eigenvalue weighted by molar-refractivity contribution is 5.94. The molecule has 1 aromatic rings. The van der Waals surface area contributed by atoms with Crippen molar-refractivity contribution in [2.75, 3.05) is 47.0 Å². The monoisotopic (exact) mass is 362 g/mol. The van der Waals surface area contributed by atoms with Crippen LogP contribution in [0, 0.1) is 0 Å². The van der Waals surface area contributed by atoms with Gasteiger partial charge in [0.25, 0.3) is 0 Å².